The normalized spacial score (nSPS) is 11.6. The van der Waals surface area contributed by atoms with Crippen LogP contribution in [0.1, 0.15) is 42.3 Å². The van der Waals surface area contributed by atoms with Gasteiger partial charge in [-0.25, -0.2) is 0 Å². The van der Waals surface area contributed by atoms with Crippen molar-refractivity contribution in [3.63, 3.8) is 0 Å². The maximum Gasteiger partial charge on any atom is 0.168 e. The predicted molar refractivity (Wildman–Crippen MR) is 67.4 cm³/mol. The van der Waals surface area contributed by atoms with Gasteiger partial charge in [0, 0.05) is 15.5 Å². The van der Waals surface area contributed by atoms with Crippen LogP contribution in [0.25, 0.3) is 0 Å². The molecule has 0 unspecified atom stereocenters. The van der Waals surface area contributed by atoms with Gasteiger partial charge >= 0.3 is 0 Å². The summed E-state index contributed by atoms with van der Waals surface area (Å²) in [6.07, 6.45) is 0. The quantitative estimate of drug-likeness (QED) is 0.695. The van der Waals surface area contributed by atoms with Gasteiger partial charge < -0.3 is 0 Å². The number of benzene rings is 1. The van der Waals surface area contributed by atoms with Gasteiger partial charge in [0.05, 0.1) is 0 Å². The van der Waals surface area contributed by atoms with Crippen LogP contribution in [-0.2, 0) is 0 Å². The average molecular weight is 269 g/mol. The average Bonchev–Trinajstić information content (AvgIpc) is 2.08. The van der Waals surface area contributed by atoms with E-state index in [1.165, 1.54) is 0 Å². The standard InChI is InChI=1S/C13H17BrO/c1-8-7-11(14)9(2)6-10(8)12(15)13(3,4)5/h6-7H,1-5H3. The molecule has 0 saturated carbocycles. The van der Waals surface area contributed by atoms with Gasteiger partial charge in [-0.2, -0.15) is 0 Å². The van der Waals surface area contributed by atoms with Crippen LogP contribution in [-0.4, -0.2) is 5.78 Å². The molecule has 0 radical (unpaired) electrons. The Labute approximate surface area is 100 Å². The van der Waals surface area contributed by atoms with E-state index in [1.54, 1.807) is 0 Å². The minimum atomic E-state index is -0.314. The first-order valence-corrected chi connectivity index (χ1v) is 5.84. The Balaban J connectivity index is 3.28. The highest BCUT2D eigenvalue weighted by atomic mass is 79.9. The van der Waals surface area contributed by atoms with Gasteiger partial charge in [-0.3, -0.25) is 4.79 Å². The maximum atomic E-state index is 12.1. The molecular formula is C13H17BrO. The monoisotopic (exact) mass is 268 g/mol. The Morgan fingerprint density at radius 2 is 1.67 bits per heavy atom. The second-order valence-electron chi connectivity index (χ2n) is 5.00. The number of ketones is 1. The number of rotatable bonds is 1. The summed E-state index contributed by atoms with van der Waals surface area (Å²) in [5.41, 5.74) is 2.66. The molecule has 0 aliphatic carbocycles. The molecule has 1 aromatic carbocycles. The van der Waals surface area contributed by atoms with Gasteiger partial charge in [-0.15, -0.1) is 0 Å². The summed E-state index contributed by atoms with van der Waals surface area (Å²) >= 11 is 3.47. The number of aryl methyl sites for hydroxylation is 2. The van der Waals surface area contributed by atoms with E-state index in [1.807, 2.05) is 46.8 Å². The zero-order valence-corrected chi connectivity index (χ0v) is 11.5. The largest absolute Gasteiger partial charge is 0.294 e. The summed E-state index contributed by atoms with van der Waals surface area (Å²) in [7, 11) is 0. The number of hydrogen-bond acceptors (Lipinski definition) is 1. The molecule has 2 heteroatoms. The van der Waals surface area contributed by atoms with E-state index in [-0.39, 0.29) is 11.2 Å². The molecule has 0 aliphatic heterocycles. The van der Waals surface area contributed by atoms with Crippen LogP contribution in [0.4, 0.5) is 0 Å². The molecule has 0 heterocycles. The van der Waals surface area contributed by atoms with Crippen LogP contribution >= 0.6 is 15.9 Å². The Bertz CT molecular complexity index is 400. The fraction of sp³-hybridized carbons (Fsp3) is 0.462. The Morgan fingerprint density at radius 1 is 1.13 bits per heavy atom. The third-order valence-electron chi connectivity index (χ3n) is 2.43. The third-order valence-corrected chi connectivity index (χ3v) is 3.29. The smallest absolute Gasteiger partial charge is 0.168 e. The highest BCUT2D eigenvalue weighted by Gasteiger charge is 2.24. The van der Waals surface area contributed by atoms with E-state index in [0.717, 1.165) is 21.2 Å². The van der Waals surface area contributed by atoms with Gasteiger partial charge in [0.1, 0.15) is 0 Å². The Kier molecular flexibility index (Phi) is 3.39. The summed E-state index contributed by atoms with van der Waals surface area (Å²) in [5.74, 6) is 0.204. The van der Waals surface area contributed by atoms with Gasteiger partial charge in [0.2, 0.25) is 0 Å². The third kappa shape index (κ3) is 2.69. The first-order chi connectivity index (χ1) is 6.73. The van der Waals surface area contributed by atoms with E-state index < -0.39 is 0 Å². The van der Waals surface area contributed by atoms with Crippen molar-refractivity contribution in [1.29, 1.82) is 0 Å². The molecule has 0 aliphatic rings. The Hall–Kier alpha value is -0.630. The molecule has 0 fully saturated rings. The van der Waals surface area contributed by atoms with Crippen molar-refractivity contribution in [3.8, 4) is 0 Å². The van der Waals surface area contributed by atoms with Crippen molar-refractivity contribution in [1.82, 2.24) is 0 Å². The van der Waals surface area contributed by atoms with Crippen molar-refractivity contribution in [2.24, 2.45) is 5.41 Å². The molecule has 1 aromatic rings. The fourth-order valence-corrected chi connectivity index (χ4v) is 1.89. The van der Waals surface area contributed by atoms with Crippen LogP contribution < -0.4 is 0 Å². The number of Topliss-reactive ketones (excluding diaryl/α,β-unsaturated/α-hetero) is 1. The number of hydrogen-bond donors (Lipinski definition) is 0. The van der Waals surface area contributed by atoms with Gasteiger partial charge in [0.15, 0.2) is 5.78 Å². The van der Waals surface area contributed by atoms with Gasteiger partial charge in [-0.05, 0) is 37.1 Å². The first kappa shape index (κ1) is 12.4. The fourth-order valence-electron chi connectivity index (χ4n) is 1.43. The lowest BCUT2D eigenvalue weighted by atomic mass is 9.84. The van der Waals surface area contributed by atoms with E-state index in [0.29, 0.717) is 0 Å². The topological polar surface area (TPSA) is 17.1 Å². The number of halogens is 1. The minimum Gasteiger partial charge on any atom is -0.294 e. The van der Waals surface area contributed by atoms with Gasteiger partial charge in [0.25, 0.3) is 0 Å². The minimum absolute atomic E-state index is 0.204. The van der Waals surface area contributed by atoms with E-state index >= 15 is 0 Å². The lowest BCUT2D eigenvalue weighted by molar-refractivity contribution is 0.0857. The SMILES string of the molecule is Cc1cc(C(=O)C(C)(C)C)c(C)cc1Br. The Morgan fingerprint density at radius 3 is 2.13 bits per heavy atom. The van der Waals surface area contributed by atoms with E-state index in [4.69, 9.17) is 0 Å². The number of carbonyl (C=O) groups is 1. The molecule has 0 atom stereocenters. The highest BCUT2D eigenvalue weighted by Crippen LogP contribution is 2.27. The molecule has 1 nitrogen and oxygen atoms in total. The summed E-state index contributed by atoms with van der Waals surface area (Å²) in [4.78, 5) is 12.1. The van der Waals surface area contributed by atoms with Gasteiger partial charge in [-0.1, -0.05) is 36.7 Å². The van der Waals surface area contributed by atoms with Crippen LogP contribution in [0.3, 0.4) is 0 Å². The second kappa shape index (κ2) is 4.09. The highest BCUT2D eigenvalue weighted by molar-refractivity contribution is 9.10. The van der Waals surface area contributed by atoms with Crippen LogP contribution in [0.2, 0.25) is 0 Å². The van der Waals surface area contributed by atoms with E-state index in [2.05, 4.69) is 15.9 Å². The van der Waals surface area contributed by atoms with Crippen molar-refractivity contribution >= 4 is 21.7 Å². The molecule has 0 amide bonds. The lowest BCUT2D eigenvalue weighted by Gasteiger charge is -2.18. The van der Waals surface area contributed by atoms with Crippen molar-refractivity contribution in [3.05, 3.63) is 33.3 Å². The molecule has 15 heavy (non-hydrogen) atoms. The molecular weight excluding hydrogens is 252 g/mol. The molecule has 0 aromatic heterocycles. The summed E-state index contributed by atoms with van der Waals surface area (Å²) in [6, 6.07) is 3.97. The molecule has 0 spiro atoms. The molecule has 0 saturated heterocycles. The number of carbonyl (C=O) groups excluding carboxylic acids is 1. The predicted octanol–water partition coefficient (Wildman–Crippen LogP) is 4.29. The zero-order chi connectivity index (χ0) is 11.8. The molecule has 0 N–H and O–H groups in total. The van der Waals surface area contributed by atoms with Crippen LogP contribution in [0.15, 0.2) is 16.6 Å². The first-order valence-electron chi connectivity index (χ1n) is 5.05. The van der Waals surface area contributed by atoms with Crippen molar-refractivity contribution in [2.45, 2.75) is 34.6 Å². The van der Waals surface area contributed by atoms with Crippen LogP contribution in [0.5, 0.6) is 0 Å². The van der Waals surface area contributed by atoms with Crippen LogP contribution in [0, 0.1) is 19.3 Å². The summed E-state index contributed by atoms with van der Waals surface area (Å²) < 4.78 is 1.06. The second-order valence-corrected chi connectivity index (χ2v) is 5.85. The zero-order valence-electron chi connectivity index (χ0n) is 9.94. The molecule has 82 valence electrons. The summed E-state index contributed by atoms with van der Waals surface area (Å²) in [6.45, 7) is 9.83. The van der Waals surface area contributed by atoms with Crippen molar-refractivity contribution in [2.75, 3.05) is 0 Å². The molecule has 1 rings (SSSR count). The van der Waals surface area contributed by atoms with E-state index in [9.17, 15) is 4.79 Å². The maximum absolute atomic E-state index is 12.1. The summed E-state index contributed by atoms with van der Waals surface area (Å²) in [5, 5.41) is 0. The van der Waals surface area contributed by atoms with Crippen molar-refractivity contribution < 1.29 is 4.79 Å². The lowest BCUT2D eigenvalue weighted by Crippen LogP contribution is -2.21. The molecule has 0 bridgehead atoms.